The number of hydrogen-bond acceptors (Lipinski definition) is 3. The van der Waals surface area contributed by atoms with Gasteiger partial charge in [-0.05, 0) is 238 Å². The molecule has 0 aliphatic carbocycles. The lowest BCUT2D eigenvalue weighted by Gasteiger charge is -2.19. The number of hydrogen-bond donors (Lipinski definition) is 0. The van der Waals surface area contributed by atoms with Crippen LogP contribution < -0.4 is 0 Å². The van der Waals surface area contributed by atoms with Crippen molar-refractivity contribution in [3.05, 3.63) is 521 Å². The van der Waals surface area contributed by atoms with Crippen molar-refractivity contribution >= 4 is 163 Å². The van der Waals surface area contributed by atoms with Crippen LogP contribution in [-0.2, 0) is 0 Å². The summed E-state index contributed by atoms with van der Waals surface area (Å²) in [6.45, 7) is 4.48. The zero-order valence-electron chi connectivity index (χ0n) is 79.4. The van der Waals surface area contributed by atoms with E-state index in [-0.39, 0.29) is 0 Å². The van der Waals surface area contributed by atoms with E-state index in [9.17, 15) is 0 Å². The average molecular weight is 1830 g/mol. The highest BCUT2D eigenvalue weighted by atomic mass is 16.3. The van der Waals surface area contributed by atoms with Gasteiger partial charge in [0.15, 0.2) is 0 Å². The summed E-state index contributed by atoms with van der Waals surface area (Å²) in [5, 5.41) is 29.2. The van der Waals surface area contributed by atoms with Gasteiger partial charge in [0.2, 0.25) is 0 Å². The molecular formula is C141H92O3. The summed E-state index contributed by atoms with van der Waals surface area (Å²) in [6.07, 6.45) is 0. The SMILES string of the molecule is CC(C)c1cccc(-c2cccc3c2oc2cccc(-c4c5ccccc5c(-c5ccccc5)c5ccccc45)c23)c1.c1ccc(-c2ccc(-c3ccccc3-c3cccc4c3oc3cccc(-c5c6ccccc6c(-c6cccc7ccccc67)c6ccccc56)c34)cc2)cc1.c1ccc2cc(-c3cccc4c3oc3cccc(-c5c6ccccc6c(-c6cccc7ccccc67)c6ccccc56)c34)ccc2c1. The third-order valence-corrected chi connectivity index (χ3v) is 29.8. The maximum atomic E-state index is 6.93. The minimum absolute atomic E-state index is 0.465. The monoisotopic (exact) mass is 1830 g/mol. The van der Waals surface area contributed by atoms with Gasteiger partial charge in [0, 0.05) is 49.0 Å². The van der Waals surface area contributed by atoms with Crippen LogP contribution in [0.3, 0.4) is 0 Å². The van der Waals surface area contributed by atoms with Crippen LogP contribution in [0.2, 0.25) is 0 Å². The van der Waals surface area contributed by atoms with E-state index in [0.717, 1.165) is 93.6 Å². The Labute approximate surface area is 833 Å². The number of benzene rings is 26. The van der Waals surface area contributed by atoms with Gasteiger partial charge in [0.25, 0.3) is 0 Å². The van der Waals surface area contributed by atoms with E-state index in [0.29, 0.717) is 5.92 Å². The van der Waals surface area contributed by atoms with Crippen molar-refractivity contribution in [1.29, 1.82) is 0 Å². The smallest absolute Gasteiger partial charge is 0.143 e. The van der Waals surface area contributed by atoms with Gasteiger partial charge in [-0.25, -0.2) is 0 Å². The predicted octanol–water partition coefficient (Wildman–Crippen LogP) is 40.6. The summed E-state index contributed by atoms with van der Waals surface area (Å²) in [5.41, 5.74) is 33.2. The quantitative estimate of drug-likeness (QED) is 0.114. The molecule has 0 N–H and O–H groups in total. The first-order chi connectivity index (χ1) is 71.3. The lowest BCUT2D eigenvalue weighted by molar-refractivity contribution is 0.669. The van der Waals surface area contributed by atoms with E-state index in [1.165, 1.54) is 197 Å². The highest BCUT2D eigenvalue weighted by Gasteiger charge is 2.28. The van der Waals surface area contributed by atoms with Crippen molar-refractivity contribution in [2.24, 2.45) is 0 Å². The highest BCUT2D eigenvalue weighted by molar-refractivity contribution is 6.32. The number of para-hydroxylation sites is 3. The first kappa shape index (κ1) is 84.7. The van der Waals surface area contributed by atoms with Gasteiger partial charge >= 0.3 is 0 Å². The first-order valence-electron chi connectivity index (χ1n) is 49.8. The van der Waals surface area contributed by atoms with Crippen LogP contribution in [0.25, 0.3) is 285 Å². The van der Waals surface area contributed by atoms with E-state index < -0.39 is 0 Å². The molecule has 674 valence electrons. The molecule has 0 amide bonds. The van der Waals surface area contributed by atoms with Crippen LogP contribution in [0.1, 0.15) is 25.3 Å². The minimum Gasteiger partial charge on any atom is -0.455 e. The summed E-state index contributed by atoms with van der Waals surface area (Å²) >= 11 is 0. The molecule has 0 fully saturated rings. The summed E-state index contributed by atoms with van der Waals surface area (Å²) < 4.78 is 20.4. The maximum Gasteiger partial charge on any atom is 0.143 e. The van der Waals surface area contributed by atoms with Crippen molar-refractivity contribution in [2.45, 2.75) is 19.8 Å². The fraction of sp³-hybridized carbons (Fsp3) is 0.0213. The number of rotatable bonds is 12. The molecule has 144 heavy (non-hydrogen) atoms. The molecule has 0 unspecified atom stereocenters. The van der Waals surface area contributed by atoms with E-state index in [2.05, 4.69) is 529 Å². The van der Waals surface area contributed by atoms with Gasteiger partial charge in [-0.2, -0.15) is 0 Å². The second kappa shape index (κ2) is 35.4. The minimum atomic E-state index is 0.465. The molecule has 26 aromatic carbocycles. The lowest BCUT2D eigenvalue weighted by Crippen LogP contribution is -1.92. The van der Waals surface area contributed by atoms with Crippen molar-refractivity contribution in [3.8, 4) is 122 Å². The number of fused-ring (bicyclic) bond motifs is 18. The first-order valence-corrected chi connectivity index (χ1v) is 49.8. The van der Waals surface area contributed by atoms with Gasteiger partial charge in [-0.15, -0.1) is 0 Å². The van der Waals surface area contributed by atoms with Crippen LogP contribution in [0, 0.1) is 0 Å². The highest BCUT2D eigenvalue weighted by Crippen LogP contribution is 2.55. The maximum absolute atomic E-state index is 6.93. The average Bonchev–Trinajstić information content (AvgIpc) is 1.38. The van der Waals surface area contributed by atoms with Crippen molar-refractivity contribution in [1.82, 2.24) is 0 Å². The fourth-order valence-corrected chi connectivity index (χ4v) is 23.3. The van der Waals surface area contributed by atoms with Gasteiger partial charge in [-0.1, -0.05) is 505 Å². The Hall–Kier alpha value is -18.5. The Morgan fingerprint density at radius 2 is 0.396 bits per heavy atom. The molecule has 0 saturated carbocycles. The van der Waals surface area contributed by atoms with E-state index in [1.807, 2.05) is 0 Å². The van der Waals surface area contributed by atoms with Crippen LogP contribution in [0.4, 0.5) is 0 Å². The molecule has 0 atom stereocenters. The van der Waals surface area contributed by atoms with E-state index in [4.69, 9.17) is 13.3 Å². The largest absolute Gasteiger partial charge is 0.455 e. The molecule has 29 aromatic rings. The van der Waals surface area contributed by atoms with Crippen molar-refractivity contribution in [2.75, 3.05) is 0 Å². The normalized spacial score (nSPS) is 11.7. The van der Waals surface area contributed by atoms with Crippen molar-refractivity contribution < 1.29 is 13.3 Å². The van der Waals surface area contributed by atoms with Crippen LogP contribution in [0.5, 0.6) is 0 Å². The lowest BCUT2D eigenvalue weighted by atomic mass is 9.84. The van der Waals surface area contributed by atoms with E-state index >= 15 is 0 Å². The van der Waals surface area contributed by atoms with Crippen LogP contribution in [0.15, 0.2) is 529 Å². The Morgan fingerprint density at radius 1 is 0.139 bits per heavy atom. The molecule has 29 rings (SSSR count). The molecular weight excluding hydrogens is 1740 g/mol. The molecule has 0 spiro atoms. The predicted molar refractivity (Wildman–Crippen MR) is 613 cm³/mol. The Balaban J connectivity index is 0.000000109. The Kier molecular flexibility index (Phi) is 20.8. The second-order valence-corrected chi connectivity index (χ2v) is 38.2. The summed E-state index contributed by atoms with van der Waals surface area (Å²) in [4.78, 5) is 0. The van der Waals surface area contributed by atoms with Crippen LogP contribution >= 0.6 is 0 Å². The van der Waals surface area contributed by atoms with Gasteiger partial charge in [-0.3, -0.25) is 0 Å². The molecule has 3 nitrogen and oxygen atoms in total. The molecule has 3 aromatic heterocycles. The molecule has 0 aliphatic heterocycles. The fourth-order valence-electron chi connectivity index (χ4n) is 23.3. The van der Waals surface area contributed by atoms with Crippen molar-refractivity contribution in [3.63, 3.8) is 0 Å². The van der Waals surface area contributed by atoms with Gasteiger partial charge in [0.05, 0.1) is 0 Å². The van der Waals surface area contributed by atoms with Gasteiger partial charge < -0.3 is 13.3 Å². The molecule has 0 saturated heterocycles. The van der Waals surface area contributed by atoms with E-state index in [1.54, 1.807) is 0 Å². The molecule has 3 heterocycles. The zero-order chi connectivity index (χ0) is 95.4. The zero-order valence-corrected chi connectivity index (χ0v) is 79.4. The van der Waals surface area contributed by atoms with Crippen LogP contribution in [-0.4, -0.2) is 0 Å². The standard InChI is InChI=1S/C54H34O.C46H28O.C41H30O/c1-2-15-35(16-3-1)36-31-33-38(34-32-36)39-19-6-7-21-41(39)47-27-13-29-49-53-48(28-14-30-50(53)55-54(47)49)52-45-24-10-8-22-43(45)51(44-23-9-11-25-46(44)52)42-26-12-18-37-17-4-5-20-40(37)42;1-2-14-31-28-32(27-26-29(31)12-1)34-21-10-24-41-45-40(23-11-25-42(45)47-46(34)41)44-38-19-7-5-17-36(38)43(37-18-6-8-20-39(37)44)35-22-9-15-30-13-3-4-16-33(30)35;1-26(2)28-15-10-16-29(25-28)30-21-11-23-36-40-35(22-12-24-37(40)42-41(30)36)39-33-19-8-6-17-31(33)38(27-13-4-3-5-14-27)32-18-7-9-20-34(32)39/h1-34H;1-28H;3-26H,1-2H3. The Morgan fingerprint density at radius 3 is 0.819 bits per heavy atom. The Bertz CT molecular complexity index is 10000. The summed E-state index contributed by atoms with van der Waals surface area (Å²) in [6, 6.07) is 186. The summed E-state index contributed by atoms with van der Waals surface area (Å²) in [7, 11) is 0. The molecule has 0 bridgehead atoms. The third kappa shape index (κ3) is 14.2. The number of furan rings is 3. The molecule has 0 radical (unpaired) electrons. The third-order valence-electron chi connectivity index (χ3n) is 29.8. The second-order valence-electron chi connectivity index (χ2n) is 38.2. The summed E-state index contributed by atoms with van der Waals surface area (Å²) in [5.74, 6) is 0.465. The molecule has 0 aliphatic rings. The topological polar surface area (TPSA) is 39.4 Å². The molecule has 3 heteroatoms. The van der Waals surface area contributed by atoms with Gasteiger partial charge in [0.1, 0.15) is 33.5 Å².